The first-order valence-corrected chi connectivity index (χ1v) is 12.3. The molecular formula is C32H41LiN2O4-2. The second-order valence-electron chi connectivity index (χ2n) is 9.69. The molecule has 0 saturated heterocycles. The Kier molecular flexibility index (Phi) is 14.9. The molecule has 2 N–H and O–H groups in total. The molecule has 0 bridgehead atoms. The van der Waals surface area contributed by atoms with Gasteiger partial charge in [0, 0.05) is 6.20 Å². The van der Waals surface area contributed by atoms with E-state index < -0.39 is 18.1 Å². The standard InChI is InChI=1S/C30H35N2O4.2CH3.Li/c1-6-22-14-9-15-32(30(22)36)26(16-19(2)3)29(35)31-25(18-27(33)34)23-12-8-13-24(17-23)28-20(4)10-7-11-21(28)5;;;/h7-15,17,19,25-26H,1,6,16,18H2,2-5H3,(H,31,35)(H,33,34);2*1H3;/q3*-1;+1/t25-,26?;;;/m0.../s1. The first kappa shape index (κ1) is 35.9. The Morgan fingerprint density at radius 2 is 1.62 bits per heavy atom. The van der Waals surface area contributed by atoms with E-state index in [2.05, 4.69) is 12.2 Å². The number of nitrogens with one attached hydrogen (secondary N) is 1. The molecule has 0 radical (unpaired) electrons. The summed E-state index contributed by atoms with van der Waals surface area (Å²) in [5.41, 5.74) is 5.27. The molecule has 1 amide bonds. The molecule has 0 spiro atoms. The third kappa shape index (κ3) is 8.98. The Morgan fingerprint density at radius 1 is 1.00 bits per heavy atom. The number of carboxylic acid groups (broad SMARTS) is 1. The van der Waals surface area contributed by atoms with Crippen LogP contribution in [0.2, 0.25) is 0 Å². The second-order valence-corrected chi connectivity index (χ2v) is 9.69. The van der Waals surface area contributed by atoms with Crippen molar-refractivity contribution in [1.29, 1.82) is 0 Å². The van der Waals surface area contributed by atoms with Crippen LogP contribution in [-0.4, -0.2) is 21.6 Å². The van der Waals surface area contributed by atoms with Crippen LogP contribution in [-0.2, 0) is 16.0 Å². The molecule has 39 heavy (non-hydrogen) atoms. The van der Waals surface area contributed by atoms with E-state index in [-0.39, 0.29) is 57.5 Å². The van der Waals surface area contributed by atoms with Gasteiger partial charge in [-0.1, -0.05) is 56.3 Å². The van der Waals surface area contributed by atoms with Crippen LogP contribution >= 0.6 is 0 Å². The van der Waals surface area contributed by atoms with Crippen molar-refractivity contribution in [2.75, 3.05) is 0 Å². The third-order valence-corrected chi connectivity index (χ3v) is 6.41. The summed E-state index contributed by atoms with van der Waals surface area (Å²) in [5.74, 6) is -1.26. The van der Waals surface area contributed by atoms with Gasteiger partial charge < -0.3 is 36.8 Å². The summed E-state index contributed by atoms with van der Waals surface area (Å²) >= 11 is 0. The molecule has 1 aromatic heterocycles. The van der Waals surface area contributed by atoms with Crippen LogP contribution in [0.4, 0.5) is 0 Å². The average molecular weight is 525 g/mol. The molecule has 3 rings (SSSR count). The number of aromatic nitrogens is 1. The molecule has 0 saturated carbocycles. The van der Waals surface area contributed by atoms with Crippen molar-refractivity contribution >= 4 is 11.9 Å². The molecule has 0 aliphatic heterocycles. The predicted octanol–water partition coefficient (Wildman–Crippen LogP) is 3.33. The minimum atomic E-state index is -1.02. The van der Waals surface area contributed by atoms with Crippen LogP contribution in [0.5, 0.6) is 0 Å². The minimum absolute atomic E-state index is 0. The molecule has 0 aliphatic rings. The SMILES string of the molecule is [CH2-]Cc1cccn(C(CC(C)C)C(=O)N[C@@H](CC(=O)O)c2cccc(-c3c(C)cccc3C)c2)c1=O.[CH3-].[CH3-].[Li+]. The van der Waals surface area contributed by atoms with Crippen molar-refractivity contribution in [3.8, 4) is 11.1 Å². The molecule has 2 atom stereocenters. The fourth-order valence-corrected chi connectivity index (χ4v) is 4.66. The number of hydrogen-bond donors (Lipinski definition) is 2. The van der Waals surface area contributed by atoms with Crippen LogP contribution in [0.1, 0.15) is 61.0 Å². The number of hydrogen-bond acceptors (Lipinski definition) is 3. The monoisotopic (exact) mass is 524 g/mol. The third-order valence-electron chi connectivity index (χ3n) is 6.41. The van der Waals surface area contributed by atoms with Gasteiger partial charge in [-0.25, -0.2) is 0 Å². The number of amides is 1. The quantitative estimate of drug-likeness (QED) is 0.315. The Labute approximate surface area is 246 Å². The van der Waals surface area contributed by atoms with E-state index in [1.807, 2.05) is 70.2 Å². The molecule has 0 aliphatic carbocycles. The molecule has 3 aromatic rings. The van der Waals surface area contributed by atoms with Crippen LogP contribution < -0.4 is 29.7 Å². The van der Waals surface area contributed by atoms with Gasteiger partial charge in [0.15, 0.2) is 0 Å². The fourth-order valence-electron chi connectivity index (χ4n) is 4.66. The van der Waals surface area contributed by atoms with Crippen LogP contribution in [0.25, 0.3) is 11.1 Å². The zero-order valence-electron chi connectivity index (χ0n) is 24.5. The van der Waals surface area contributed by atoms with Gasteiger partial charge in [-0.15, -0.1) is 0 Å². The number of pyridine rings is 1. The number of aryl methyl sites for hydroxylation is 2. The van der Waals surface area contributed by atoms with E-state index in [4.69, 9.17) is 0 Å². The molecule has 1 unspecified atom stereocenters. The smallest absolute Gasteiger partial charge is 0.481 e. The number of aliphatic carboxylic acids is 1. The van der Waals surface area contributed by atoms with Crippen molar-refractivity contribution in [2.24, 2.45) is 5.92 Å². The number of carboxylic acids is 1. The van der Waals surface area contributed by atoms with Gasteiger partial charge in [-0.05, 0) is 71.7 Å². The summed E-state index contributed by atoms with van der Waals surface area (Å²) in [5, 5.41) is 12.6. The number of rotatable bonds is 10. The van der Waals surface area contributed by atoms with E-state index >= 15 is 0 Å². The Morgan fingerprint density at radius 3 is 2.18 bits per heavy atom. The van der Waals surface area contributed by atoms with Crippen LogP contribution in [0.15, 0.2) is 65.6 Å². The number of carbonyl (C=O) groups excluding carboxylic acids is 1. The van der Waals surface area contributed by atoms with Gasteiger partial charge >= 0.3 is 24.8 Å². The van der Waals surface area contributed by atoms with Crippen molar-refractivity contribution < 1.29 is 33.6 Å². The summed E-state index contributed by atoms with van der Waals surface area (Å²) < 4.78 is 1.45. The average Bonchev–Trinajstić information content (AvgIpc) is 2.82. The van der Waals surface area contributed by atoms with Gasteiger partial charge in [-0.2, -0.15) is 6.42 Å². The summed E-state index contributed by atoms with van der Waals surface area (Å²) in [7, 11) is 0. The first-order chi connectivity index (χ1) is 17.1. The maximum Gasteiger partial charge on any atom is 1.00 e. The van der Waals surface area contributed by atoms with Crippen molar-refractivity contribution in [3.63, 3.8) is 0 Å². The Bertz CT molecular complexity index is 1280. The van der Waals surface area contributed by atoms with Crippen LogP contribution in [0, 0.1) is 41.5 Å². The van der Waals surface area contributed by atoms with Gasteiger partial charge in [0.2, 0.25) is 5.91 Å². The summed E-state index contributed by atoms with van der Waals surface area (Å²) in [6, 6.07) is 15.7. The van der Waals surface area contributed by atoms with Gasteiger partial charge in [0.1, 0.15) is 6.04 Å². The largest absolute Gasteiger partial charge is 1.00 e. The van der Waals surface area contributed by atoms with E-state index in [9.17, 15) is 19.5 Å². The molecule has 2 aromatic carbocycles. The molecule has 6 nitrogen and oxygen atoms in total. The molecule has 206 valence electrons. The normalized spacial score (nSPS) is 11.8. The zero-order chi connectivity index (χ0) is 26.4. The van der Waals surface area contributed by atoms with E-state index in [1.54, 1.807) is 18.3 Å². The maximum absolute atomic E-state index is 13.6. The van der Waals surface area contributed by atoms with Gasteiger partial charge in [0.25, 0.3) is 5.56 Å². The van der Waals surface area contributed by atoms with Crippen molar-refractivity contribution in [1.82, 2.24) is 9.88 Å². The van der Waals surface area contributed by atoms with E-state index in [0.717, 1.165) is 22.3 Å². The Hall–Kier alpha value is -3.07. The van der Waals surface area contributed by atoms with Crippen molar-refractivity contribution in [3.05, 3.63) is 115 Å². The Balaban J connectivity index is 0.00000481. The molecular weight excluding hydrogens is 483 g/mol. The summed E-state index contributed by atoms with van der Waals surface area (Å²) in [6.45, 7) is 11.9. The first-order valence-electron chi connectivity index (χ1n) is 12.3. The zero-order valence-corrected chi connectivity index (χ0v) is 24.5. The predicted molar refractivity (Wildman–Crippen MR) is 156 cm³/mol. The number of carbonyl (C=O) groups is 2. The summed E-state index contributed by atoms with van der Waals surface area (Å²) in [4.78, 5) is 38.3. The fraction of sp³-hybridized carbons (Fsp3) is 0.312. The molecule has 1 heterocycles. The van der Waals surface area contributed by atoms with Gasteiger partial charge in [-0.3, -0.25) is 14.4 Å². The van der Waals surface area contributed by atoms with E-state index in [1.165, 1.54) is 4.57 Å². The maximum atomic E-state index is 13.6. The topological polar surface area (TPSA) is 88.4 Å². The number of nitrogens with zero attached hydrogens (tertiary/aromatic N) is 1. The van der Waals surface area contributed by atoms with Gasteiger partial charge in [0.05, 0.1) is 12.5 Å². The van der Waals surface area contributed by atoms with Crippen LogP contribution in [0.3, 0.4) is 0 Å². The molecule has 0 fully saturated rings. The van der Waals surface area contributed by atoms with E-state index in [0.29, 0.717) is 24.0 Å². The minimum Gasteiger partial charge on any atom is -0.481 e. The summed E-state index contributed by atoms with van der Waals surface area (Å²) in [6.07, 6.45) is 2.10. The number of benzene rings is 2. The second kappa shape index (κ2) is 16.1. The molecule has 7 heteroatoms. The van der Waals surface area contributed by atoms with Crippen molar-refractivity contribution in [2.45, 2.75) is 59.0 Å².